The van der Waals surface area contributed by atoms with Gasteiger partial charge in [0, 0.05) is 35.3 Å². The Morgan fingerprint density at radius 3 is 2.50 bits per heavy atom. The van der Waals surface area contributed by atoms with Crippen LogP contribution in [0.4, 0.5) is 5.82 Å². The fourth-order valence-electron chi connectivity index (χ4n) is 3.08. The lowest BCUT2D eigenvalue weighted by atomic mass is 10.0. The van der Waals surface area contributed by atoms with Gasteiger partial charge in [0.05, 0.1) is 11.4 Å². The molecule has 0 spiro atoms. The number of aromatic nitrogens is 4. The van der Waals surface area contributed by atoms with Crippen LogP contribution < -0.4 is 5.73 Å². The molecule has 0 aliphatic carbocycles. The first kappa shape index (κ1) is 17.7. The highest BCUT2D eigenvalue weighted by Crippen LogP contribution is 2.35. The Kier molecular flexibility index (Phi) is 4.53. The van der Waals surface area contributed by atoms with Crippen LogP contribution in [0.5, 0.6) is 5.75 Å². The average molecular weight is 371 g/mol. The number of aromatic hydroxyl groups is 1. The number of pyridine rings is 2. The van der Waals surface area contributed by atoms with E-state index in [-0.39, 0.29) is 11.6 Å². The van der Waals surface area contributed by atoms with Crippen LogP contribution in [0.3, 0.4) is 0 Å². The summed E-state index contributed by atoms with van der Waals surface area (Å²) in [6, 6.07) is 13.7. The Balaban J connectivity index is 1.90. The highest BCUT2D eigenvalue weighted by atomic mass is 16.3. The molecule has 0 bridgehead atoms. The standard InChI is InChI=1S/C22H21N5O/c1-13(2)15-4-3-5-16(10-15)22-26-19(14-6-8-24-9-7-14)20(27-22)17-11-18(28)21(23)25-12-17/h3-13,28H,1-2H3,(H2,23,25)(H,26,27). The molecule has 4 aromatic rings. The number of nitrogens with two attached hydrogens (primary N) is 1. The molecule has 4 N–H and O–H groups in total. The Morgan fingerprint density at radius 1 is 1.00 bits per heavy atom. The Bertz CT molecular complexity index is 1120. The molecule has 0 saturated carbocycles. The number of hydrogen-bond donors (Lipinski definition) is 3. The van der Waals surface area contributed by atoms with Crippen molar-refractivity contribution in [2.45, 2.75) is 19.8 Å². The van der Waals surface area contributed by atoms with Gasteiger partial charge in [-0.3, -0.25) is 4.98 Å². The van der Waals surface area contributed by atoms with Crippen LogP contribution in [0.2, 0.25) is 0 Å². The Hall–Kier alpha value is -3.67. The maximum atomic E-state index is 10.0. The number of H-pyrrole nitrogens is 1. The third-order valence-corrected chi connectivity index (χ3v) is 4.67. The van der Waals surface area contributed by atoms with Crippen molar-refractivity contribution in [2.24, 2.45) is 0 Å². The predicted molar refractivity (Wildman–Crippen MR) is 111 cm³/mol. The highest BCUT2D eigenvalue weighted by molar-refractivity contribution is 5.81. The quantitative estimate of drug-likeness (QED) is 0.486. The number of anilines is 1. The number of hydrogen-bond acceptors (Lipinski definition) is 5. The fraction of sp³-hybridized carbons (Fsp3) is 0.136. The van der Waals surface area contributed by atoms with E-state index < -0.39 is 0 Å². The first-order valence-electron chi connectivity index (χ1n) is 9.08. The van der Waals surface area contributed by atoms with Gasteiger partial charge in [0.15, 0.2) is 11.6 Å². The molecule has 28 heavy (non-hydrogen) atoms. The second-order valence-electron chi connectivity index (χ2n) is 6.95. The molecule has 0 unspecified atom stereocenters. The summed E-state index contributed by atoms with van der Waals surface area (Å²) < 4.78 is 0. The minimum atomic E-state index is -0.0652. The molecular weight excluding hydrogens is 350 g/mol. The number of imidazole rings is 1. The van der Waals surface area contributed by atoms with Gasteiger partial charge in [-0.1, -0.05) is 32.0 Å². The van der Waals surface area contributed by atoms with Gasteiger partial charge in [0.1, 0.15) is 5.82 Å². The van der Waals surface area contributed by atoms with Gasteiger partial charge < -0.3 is 15.8 Å². The van der Waals surface area contributed by atoms with Gasteiger partial charge in [0.25, 0.3) is 0 Å². The van der Waals surface area contributed by atoms with Gasteiger partial charge in [-0.2, -0.15) is 0 Å². The van der Waals surface area contributed by atoms with Gasteiger partial charge in [-0.05, 0) is 35.7 Å². The zero-order valence-electron chi connectivity index (χ0n) is 15.7. The molecule has 0 fully saturated rings. The van der Waals surface area contributed by atoms with E-state index in [9.17, 15) is 5.11 Å². The van der Waals surface area contributed by atoms with Crippen molar-refractivity contribution >= 4 is 5.82 Å². The van der Waals surface area contributed by atoms with E-state index in [1.807, 2.05) is 24.3 Å². The maximum Gasteiger partial charge on any atom is 0.165 e. The van der Waals surface area contributed by atoms with Gasteiger partial charge in [-0.15, -0.1) is 0 Å². The molecule has 0 aliphatic heterocycles. The molecule has 0 radical (unpaired) electrons. The molecule has 1 aromatic carbocycles. The normalized spacial score (nSPS) is 11.1. The van der Waals surface area contributed by atoms with Crippen LogP contribution >= 0.6 is 0 Å². The van der Waals surface area contributed by atoms with Crippen LogP contribution in [-0.4, -0.2) is 25.0 Å². The number of nitrogens with one attached hydrogen (secondary N) is 1. The van der Waals surface area contributed by atoms with Crippen LogP contribution in [-0.2, 0) is 0 Å². The molecule has 3 heterocycles. The summed E-state index contributed by atoms with van der Waals surface area (Å²) in [6.45, 7) is 4.33. The van der Waals surface area contributed by atoms with Crippen molar-refractivity contribution < 1.29 is 5.11 Å². The fourth-order valence-corrected chi connectivity index (χ4v) is 3.08. The lowest BCUT2D eigenvalue weighted by molar-refractivity contribution is 0.476. The minimum Gasteiger partial charge on any atom is -0.504 e. The van der Waals surface area contributed by atoms with Crippen LogP contribution in [0, 0.1) is 0 Å². The monoisotopic (exact) mass is 371 g/mol. The van der Waals surface area contributed by atoms with Crippen LogP contribution in [0.25, 0.3) is 33.9 Å². The minimum absolute atomic E-state index is 0.0652. The largest absolute Gasteiger partial charge is 0.504 e. The van der Waals surface area contributed by atoms with E-state index in [1.165, 1.54) is 5.56 Å². The van der Waals surface area contributed by atoms with Crippen molar-refractivity contribution in [3.63, 3.8) is 0 Å². The summed E-state index contributed by atoms with van der Waals surface area (Å²) >= 11 is 0. The summed E-state index contributed by atoms with van der Waals surface area (Å²) in [6.07, 6.45) is 5.08. The third kappa shape index (κ3) is 3.32. The van der Waals surface area contributed by atoms with E-state index in [0.717, 1.165) is 22.6 Å². The van der Waals surface area contributed by atoms with E-state index in [0.29, 0.717) is 17.2 Å². The number of aromatic amines is 1. The van der Waals surface area contributed by atoms with Gasteiger partial charge >= 0.3 is 0 Å². The van der Waals surface area contributed by atoms with E-state index >= 15 is 0 Å². The molecule has 4 rings (SSSR count). The third-order valence-electron chi connectivity index (χ3n) is 4.67. The van der Waals surface area contributed by atoms with E-state index in [4.69, 9.17) is 10.7 Å². The molecule has 0 atom stereocenters. The van der Waals surface area contributed by atoms with Gasteiger partial charge in [0.2, 0.25) is 0 Å². The zero-order chi connectivity index (χ0) is 19.7. The number of benzene rings is 1. The second kappa shape index (κ2) is 7.15. The molecule has 6 nitrogen and oxygen atoms in total. The second-order valence-corrected chi connectivity index (χ2v) is 6.95. The molecule has 140 valence electrons. The van der Waals surface area contributed by atoms with Crippen LogP contribution in [0.15, 0.2) is 61.1 Å². The van der Waals surface area contributed by atoms with E-state index in [1.54, 1.807) is 24.7 Å². The van der Waals surface area contributed by atoms with Crippen molar-refractivity contribution in [3.05, 3.63) is 66.6 Å². The first-order chi connectivity index (χ1) is 13.5. The van der Waals surface area contributed by atoms with Crippen molar-refractivity contribution in [3.8, 4) is 39.7 Å². The van der Waals surface area contributed by atoms with Crippen LogP contribution in [0.1, 0.15) is 25.3 Å². The van der Waals surface area contributed by atoms with Gasteiger partial charge in [-0.25, -0.2) is 9.97 Å². The summed E-state index contributed by atoms with van der Waals surface area (Å²) in [4.78, 5) is 16.4. The van der Waals surface area contributed by atoms with Crippen molar-refractivity contribution in [1.29, 1.82) is 0 Å². The molecule has 3 aromatic heterocycles. The Morgan fingerprint density at radius 2 is 1.79 bits per heavy atom. The topological polar surface area (TPSA) is 101 Å². The lowest BCUT2D eigenvalue weighted by Gasteiger charge is -2.06. The smallest absolute Gasteiger partial charge is 0.165 e. The predicted octanol–water partition coefficient (Wildman–Crippen LogP) is 4.61. The first-order valence-corrected chi connectivity index (χ1v) is 9.08. The molecule has 6 heteroatoms. The Labute approximate surface area is 163 Å². The summed E-state index contributed by atoms with van der Waals surface area (Å²) in [5, 5.41) is 10.0. The zero-order valence-corrected chi connectivity index (χ0v) is 15.7. The summed E-state index contributed by atoms with van der Waals surface area (Å²) in [7, 11) is 0. The lowest BCUT2D eigenvalue weighted by Crippen LogP contribution is -1.92. The average Bonchev–Trinajstić information content (AvgIpc) is 3.16. The SMILES string of the molecule is CC(C)c1cccc(-c2nc(-c3cnc(N)c(O)c3)c(-c3ccncc3)[nH]2)c1. The molecular formula is C22H21N5O. The maximum absolute atomic E-state index is 10.0. The number of nitrogens with zero attached hydrogens (tertiary/aromatic N) is 3. The number of rotatable bonds is 4. The highest BCUT2D eigenvalue weighted by Gasteiger charge is 2.17. The molecule has 0 aliphatic rings. The molecule has 0 amide bonds. The molecule has 0 saturated heterocycles. The summed E-state index contributed by atoms with van der Waals surface area (Å²) in [5.41, 5.74) is 11.1. The van der Waals surface area contributed by atoms with Crippen molar-refractivity contribution in [2.75, 3.05) is 5.73 Å². The van der Waals surface area contributed by atoms with E-state index in [2.05, 4.69) is 40.9 Å². The summed E-state index contributed by atoms with van der Waals surface area (Å²) in [5.74, 6) is 1.20. The van der Waals surface area contributed by atoms with Crippen molar-refractivity contribution in [1.82, 2.24) is 19.9 Å². The number of nitrogen functional groups attached to an aromatic ring is 1.